The van der Waals surface area contributed by atoms with Crippen molar-refractivity contribution in [2.45, 2.75) is 26.7 Å². The monoisotopic (exact) mass is 173 g/mol. The van der Waals surface area contributed by atoms with Gasteiger partial charge in [0.25, 0.3) is 0 Å². The number of amides is 1. The molecule has 0 aromatic heterocycles. The Labute approximate surface area is 71.8 Å². The van der Waals surface area contributed by atoms with Crippen LogP contribution in [0.5, 0.6) is 0 Å². The average molecular weight is 173 g/mol. The lowest BCUT2D eigenvalue weighted by Gasteiger charge is -2.15. The van der Waals surface area contributed by atoms with Gasteiger partial charge in [0, 0.05) is 0 Å². The van der Waals surface area contributed by atoms with Crippen molar-refractivity contribution in [2.24, 2.45) is 17.6 Å². The number of nitrogens with two attached hydrogens (primary N) is 1. The highest BCUT2D eigenvalue weighted by Crippen LogP contribution is 2.17. The summed E-state index contributed by atoms with van der Waals surface area (Å²) in [6.07, 6.45) is 1.31. The summed E-state index contributed by atoms with van der Waals surface area (Å²) >= 11 is 0. The fraction of sp³-hybridized carbons (Fsp3) is 0.750. The van der Waals surface area contributed by atoms with E-state index < -0.39 is 23.7 Å². The molecule has 0 saturated heterocycles. The Bertz CT molecular complexity index is 179. The van der Waals surface area contributed by atoms with Gasteiger partial charge >= 0.3 is 5.97 Å². The highest BCUT2D eigenvalue weighted by Gasteiger charge is 2.27. The number of carboxylic acid groups (broad SMARTS) is 1. The van der Waals surface area contributed by atoms with E-state index in [-0.39, 0.29) is 0 Å². The standard InChI is InChI=1S/C8H15NO3/c1-3-4-6(7(9)10)5(2)8(11)12/h5-6H,3-4H2,1-2H3,(H2,9,10)(H,11,12). The predicted molar refractivity (Wildman–Crippen MR) is 44.4 cm³/mol. The van der Waals surface area contributed by atoms with Gasteiger partial charge in [0.05, 0.1) is 11.8 Å². The van der Waals surface area contributed by atoms with Gasteiger partial charge in [0.15, 0.2) is 0 Å². The minimum atomic E-state index is -0.966. The first-order chi connectivity index (χ1) is 5.50. The Morgan fingerprint density at radius 1 is 1.50 bits per heavy atom. The second-order valence-corrected chi connectivity index (χ2v) is 2.92. The van der Waals surface area contributed by atoms with E-state index in [1.54, 1.807) is 0 Å². The summed E-state index contributed by atoms with van der Waals surface area (Å²) in [5.41, 5.74) is 5.06. The summed E-state index contributed by atoms with van der Waals surface area (Å²) in [7, 11) is 0. The van der Waals surface area contributed by atoms with Crippen molar-refractivity contribution in [1.29, 1.82) is 0 Å². The number of rotatable bonds is 5. The third kappa shape index (κ3) is 2.90. The smallest absolute Gasteiger partial charge is 0.307 e. The van der Waals surface area contributed by atoms with Gasteiger partial charge in [-0.1, -0.05) is 20.3 Å². The lowest BCUT2D eigenvalue weighted by atomic mass is 9.89. The van der Waals surface area contributed by atoms with Gasteiger partial charge in [-0.2, -0.15) is 0 Å². The van der Waals surface area contributed by atoms with E-state index in [2.05, 4.69) is 0 Å². The number of primary amides is 1. The maximum atomic E-state index is 10.8. The van der Waals surface area contributed by atoms with Crippen LogP contribution in [-0.4, -0.2) is 17.0 Å². The van der Waals surface area contributed by atoms with Gasteiger partial charge in [0.1, 0.15) is 0 Å². The van der Waals surface area contributed by atoms with Gasteiger partial charge in [0.2, 0.25) is 5.91 Å². The summed E-state index contributed by atoms with van der Waals surface area (Å²) in [4.78, 5) is 21.3. The second kappa shape index (κ2) is 4.74. The van der Waals surface area contributed by atoms with Crippen LogP contribution < -0.4 is 5.73 Å². The highest BCUT2D eigenvalue weighted by molar-refractivity contribution is 5.83. The van der Waals surface area contributed by atoms with E-state index >= 15 is 0 Å². The molecule has 2 unspecified atom stereocenters. The molecule has 2 atom stereocenters. The van der Waals surface area contributed by atoms with Crippen LogP contribution in [0.1, 0.15) is 26.7 Å². The summed E-state index contributed by atoms with van der Waals surface area (Å²) < 4.78 is 0. The van der Waals surface area contributed by atoms with Crippen molar-refractivity contribution >= 4 is 11.9 Å². The predicted octanol–water partition coefficient (Wildman–Crippen LogP) is 0.609. The number of hydrogen-bond donors (Lipinski definition) is 2. The summed E-state index contributed by atoms with van der Waals surface area (Å²) in [6, 6.07) is 0. The summed E-state index contributed by atoms with van der Waals surface area (Å²) in [5, 5.41) is 8.62. The molecule has 0 rings (SSSR count). The van der Waals surface area contributed by atoms with Crippen LogP contribution in [0.3, 0.4) is 0 Å². The molecule has 0 heterocycles. The molecule has 70 valence electrons. The highest BCUT2D eigenvalue weighted by atomic mass is 16.4. The lowest BCUT2D eigenvalue weighted by Crippen LogP contribution is -2.32. The van der Waals surface area contributed by atoms with Crippen molar-refractivity contribution in [3.8, 4) is 0 Å². The van der Waals surface area contributed by atoms with E-state index in [4.69, 9.17) is 10.8 Å². The largest absolute Gasteiger partial charge is 0.481 e. The number of carbonyl (C=O) groups is 2. The molecule has 0 aliphatic rings. The maximum absolute atomic E-state index is 10.8. The maximum Gasteiger partial charge on any atom is 0.307 e. The molecule has 12 heavy (non-hydrogen) atoms. The van der Waals surface area contributed by atoms with Crippen LogP contribution in [0.25, 0.3) is 0 Å². The van der Waals surface area contributed by atoms with E-state index in [1.807, 2.05) is 6.92 Å². The van der Waals surface area contributed by atoms with Crippen LogP contribution in [0.15, 0.2) is 0 Å². The second-order valence-electron chi connectivity index (χ2n) is 2.92. The topological polar surface area (TPSA) is 80.4 Å². The minimum absolute atomic E-state index is 0.522. The third-order valence-corrected chi connectivity index (χ3v) is 1.96. The molecule has 4 heteroatoms. The Kier molecular flexibility index (Phi) is 4.33. The number of carbonyl (C=O) groups excluding carboxylic acids is 1. The molecular formula is C8H15NO3. The fourth-order valence-electron chi connectivity index (χ4n) is 1.12. The first kappa shape index (κ1) is 10.9. The van der Waals surface area contributed by atoms with Crippen molar-refractivity contribution in [1.82, 2.24) is 0 Å². The molecule has 0 aliphatic heterocycles. The molecule has 0 radical (unpaired) electrons. The van der Waals surface area contributed by atoms with Gasteiger partial charge in [-0.15, -0.1) is 0 Å². The molecule has 0 aromatic rings. The van der Waals surface area contributed by atoms with Crippen LogP contribution >= 0.6 is 0 Å². The van der Waals surface area contributed by atoms with Crippen LogP contribution in [0.4, 0.5) is 0 Å². The normalized spacial score (nSPS) is 15.2. The zero-order chi connectivity index (χ0) is 9.72. The zero-order valence-electron chi connectivity index (χ0n) is 7.41. The number of aliphatic carboxylic acids is 1. The first-order valence-electron chi connectivity index (χ1n) is 4.02. The molecule has 0 spiro atoms. The van der Waals surface area contributed by atoms with Gasteiger partial charge < -0.3 is 10.8 Å². The lowest BCUT2D eigenvalue weighted by molar-refractivity contribution is -0.146. The van der Waals surface area contributed by atoms with Gasteiger partial charge in [-0.3, -0.25) is 9.59 Å². The Morgan fingerprint density at radius 2 is 2.00 bits per heavy atom. The third-order valence-electron chi connectivity index (χ3n) is 1.96. The Hall–Kier alpha value is -1.06. The fourth-order valence-corrected chi connectivity index (χ4v) is 1.12. The van der Waals surface area contributed by atoms with Gasteiger partial charge in [-0.25, -0.2) is 0 Å². The molecule has 4 nitrogen and oxygen atoms in total. The molecule has 1 amide bonds. The van der Waals surface area contributed by atoms with Crippen molar-refractivity contribution in [2.75, 3.05) is 0 Å². The van der Waals surface area contributed by atoms with Crippen molar-refractivity contribution in [3.63, 3.8) is 0 Å². The number of carboxylic acids is 1. The SMILES string of the molecule is CCCC(C(N)=O)C(C)C(=O)O. The van der Waals surface area contributed by atoms with E-state index in [0.29, 0.717) is 6.42 Å². The molecule has 0 aliphatic carbocycles. The first-order valence-corrected chi connectivity index (χ1v) is 4.02. The Balaban J connectivity index is 4.28. The summed E-state index contributed by atoms with van der Waals surface area (Å²) in [5.74, 6) is -2.70. The van der Waals surface area contributed by atoms with Gasteiger partial charge in [-0.05, 0) is 6.42 Å². The average Bonchev–Trinajstić information content (AvgIpc) is 1.98. The quantitative estimate of drug-likeness (QED) is 0.639. The van der Waals surface area contributed by atoms with E-state index in [1.165, 1.54) is 6.92 Å². The van der Waals surface area contributed by atoms with Crippen molar-refractivity contribution < 1.29 is 14.7 Å². The zero-order valence-corrected chi connectivity index (χ0v) is 7.41. The van der Waals surface area contributed by atoms with Crippen LogP contribution in [-0.2, 0) is 9.59 Å². The molecular weight excluding hydrogens is 158 g/mol. The molecule has 3 N–H and O–H groups in total. The molecule has 0 bridgehead atoms. The minimum Gasteiger partial charge on any atom is -0.481 e. The van der Waals surface area contributed by atoms with Crippen LogP contribution in [0, 0.1) is 11.8 Å². The molecule has 0 fully saturated rings. The van der Waals surface area contributed by atoms with Crippen LogP contribution in [0.2, 0.25) is 0 Å². The van der Waals surface area contributed by atoms with E-state index in [9.17, 15) is 9.59 Å². The van der Waals surface area contributed by atoms with Crippen molar-refractivity contribution in [3.05, 3.63) is 0 Å². The molecule has 0 saturated carbocycles. The number of hydrogen-bond acceptors (Lipinski definition) is 2. The van der Waals surface area contributed by atoms with E-state index in [0.717, 1.165) is 6.42 Å². The Morgan fingerprint density at radius 3 is 2.25 bits per heavy atom. The summed E-state index contributed by atoms with van der Waals surface area (Å²) in [6.45, 7) is 3.40. The molecule has 0 aromatic carbocycles.